The minimum absolute atomic E-state index is 0.0834. The molecule has 0 saturated carbocycles. The van der Waals surface area contributed by atoms with Crippen molar-refractivity contribution in [2.24, 2.45) is 0 Å². The second-order valence-electron chi connectivity index (χ2n) is 29.0. The van der Waals surface area contributed by atoms with Crippen LogP contribution in [0, 0.1) is 20.8 Å². The lowest BCUT2D eigenvalue weighted by atomic mass is 9.91. The van der Waals surface area contributed by atoms with Crippen molar-refractivity contribution in [2.45, 2.75) is 148 Å². The minimum atomic E-state index is -1.13. The van der Waals surface area contributed by atoms with E-state index in [0.717, 1.165) is 57.1 Å². The van der Waals surface area contributed by atoms with Crippen molar-refractivity contribution < 1.29 is 34.4 Å². The van der Waals surface area contributed by atoms with Gasteiger partial charge in [0.05, 0.1) is 102 Å². The van der Waals surface area contributed by atoms with Gasteiger partial charge in [-0.25, -0.2) is 48.0 Å². The van der Waals surface area contributed by atoms with Crippen LogP contribution >= 0.6 is 15.9 Å². The van der Waals surface area contributed by atoms with Crippen molar-refractivity contribution in [2.75, 3.05) is 39.3 Å². The molecule has 105 heavy (non-hydrogen) atoms. The molecule has 31 nitrogen and oxygen atoms in total. The van der Waals surface area contributed by atoms with Gasteiger partial charge in [-0.05, 0) is 203 Å². The molecular formula is C73H86BrN21O10. The highest BCUT2D eigenvalue weighted by molar-refractivity contribution is 9.10. The van der Waals surface area contributed by atoms with Gasteiger partial charge in [-0.3, -0.25) is 33.2 Å². The zero-order valence-corrected chi connectivity index (χ0v) is 61.6. The fraction of sp³-hybridized carbons (Fsp3) is 0.397. The average Bonchev–Trinajstić information content (AvgIpc) is 1.68. The number of nitrogens with zero attached hydrogens (tertiary/aromatic N) is 19. The molecule has 3 saturated heterocycles. The van der Waals surface area contributed by atoms with Gasteiger partial charge in [-0.1, -0.05) is 15.9 Å². The molecule has 550 valence electrons. The Labute approximate surface area is 611 Å². The molecule has 15 rings (SSSR count). The van der Waals surface area contributed by atoms with Crippen LogP contribution in [0.3, 0.4) is 0 Å². The molecule has 0 unspecified atom stereocenters. The summed E-state index contributed by atoms with van der Waals surface area (Å²) in [6, 6.07) is 22.9. The number of carbonyl (C=O) groups excluding carboxylic acids is 2. The van der Waals surface area contributed by atoms with Crippen LogP contribution in [-0.2, 0) is 29.1 Å². The Bertz CT molecular complexity index is 5190. The van der Waals surface area contributed by atoms with Crippen LogP contribution in [0.25, 0.3) is 61.5 Å². The Morgan fingerprint density at radius 3 is 1.10 bits per heavy atom. The number of amides is 2. The van der Waals surface area contributed by atoms with Gasteiger partial charge in [0.25, 0.3) is 16.7 Å². The van der Waals surface area contributed by atoms with E-state index in [1.807, 2.05) is 165 Å². The predicted molar refractivity (Wildman–Crippen MR) is 395 cm³/mol. The number of hydrogen-bond donors (Lipinski definition) is 5. The number of likely N-dealkylation sites (tertiary alicyclic amines) is 2. The summed E-state index contributed by atoms with van der Waals surface area (Å²) in [5, 5.41) is 65.5. The maximum absolute atomic E-state index is 13.2. The van der Waals surface area contributed by atoms with Gasteiger partial charge in [0.1, 0.15) is 46.3 Å². The fourth-order valence-corrected chi connectivity index (χ4v) is 12.7. The molecule has 0 bridgehead atoms. The first kappa shape index (κ1) is 73.9. The molecule has 3 aliphatic rings. The van der Waals surface area contributed by atoms with Crippen LogP contribution < -0.4 is 22.0 Å². The molecular weight excluding hydrogens is 1410 g/mol. The number of H-pyrrole nitrogens is 1. The summed E-state index contributed by atoms with van der Waals surface area (Å²) in [5.74, 6) is 0. The zero-order valence-electron chi connectivity index (χ0n) is 60.0. The smallest absolute Gasteiger partial charge is 0.410 e. The number of aromatic nitrogens is 18. The summed E-state index contributed by atoms with van der Waals surface area (Å²) in [6.07, 6.45) is 21.8. The summed E-state index contributed by atoms with van der Waals surface area (Å²) < 4.78 is 24.6. The summed E-state index contributed by atoms with van der Waals surface area (Å²) in [5.41, 5.74) is 3.93. The van der Waals surface area contributed by atoms with Crippen molar-refractivity contribution in [3.05, 3.63) is 200 Å². The van der Waals surface area contributed by atoms with Crippen molar-refractivity contribution in [3.8, 4) is 28.4 Å². The number of hydrogen-bond acceptors (Lipinski definition) is 20. The lowest BCUT2D eigenvalue weighted by molar-refractivity contribution is -0.0430. The third-order valence-corrected chi connectivity index (χ3v) is 18.7. The predicted octanol–water partition coefficient (Wildman–Crippen LogP) is 7.85. The van der Waals surface area contributed by atoms with Crippen LogP contribution in [0.5, 0.6) is 0 Å². The number of rotatable bonds is 11. The Hall–Kier alpha value is -10.8. The normalized spacial score (nSPS) is 15.7. The quantitative estimate of drug-likeness (QED) is 0.0822. The Balaban J connectivity index is 0.000000142. The van der Waals surface area contributed by atoms with Gasteiger partial charge in [-0.2, -0.15) is 30.6 Å². The minimum Gasteiger partial charge on any atom is -0.444 e. The summed E-state index contributed by atoms with van der Waals surface area (Å²) in [7, 11) is 0. The molecule has 12 heterocycles. The van der Waals surface area contributed by atoms with E-state index in [4.69, 9.17) is 9.47 Å². The maximum Gasteiger partial charge on any atom is 0.410 e. The van der Waals surface area contributed by atoms with E-state index in [0.29, 0.717) is 97.8 Å². The monoisotopic (exact) mass is 1500 g/mol. The largest absolute Gasteiger partial charge is 0.444 e. The molecule has 0 radical (unpaired) electrons. The molecule has 3 aromatic carbocycles. The van der Waals surface area contributed by atoms with E-state index in [-0.39, 0.29) is 42.4 Å². The number of aryl methyl sites for hydroxylation is 3. The zero-order chi connectivity index (χ0) is 74.6. The number of ether oxygens (including phenoxy) is 2. The Kier molecular flexibility index (Phi) is 21.5. The third-order valence-electron chi connectivity index (χ3n) is 18.1. The van der Waals surface area contributed by atoms with Crippen LogP contribution in [0.2, 0.25) is 0 Å². The van der Waals surface area contributed by atoms with Crippen molar-refractivity contribution in [1.29, 1.82) is 0 Å². The molecule has 3 aliphatic heterocycles. The number of carbonyl (C=O) groups is 2. The second kappa shape index (κ2) is 30.5. The number of benzene rings is 3. The number of piperidine rings is 3. The van der Waals surface area contributed by atoms with E-state index in [1.54, 1.807) is 47.1 Å². The molecule has 32 heteroatoms. The van der Waals surface area contributed by atoms with Gasteiger partial charge in [0.15, 0.2) is 16.9 Å². The molecule has 0 atom stereocenters. The topological polar surface area (TPSA) is 354 Å². The SMILES string of the molecule is CC(C)(C)OC(=O)N1CCC(O)(Cn2cnc3c(cnn3-c3ccc(Br)cc3)c2=O)CC1.Cc1cn[nH]c1.Cc1cnn(-c2ccc(-n3ncc4c(=O)n(CC5(O)CCN(C(=O)OC(C)(C)C)CC5)cnc43)cc2)c1.Cc1cnn(-c2ccc(-n3ncc4c(=O)n(CC5(O)CCNCC5)cnc43)cc2)c1. The van der Waals surface area contributed by atoms with Crippen LogP contribution in [0.4, 0.5) is 9.59 Å². The number of nitrogens with one attached hydrogen (secondary N) is 2. The Morgan fingerprint density at radius 2 is 0.800 bits per heavy atom. The van der Waals surface area contributed by atoms with E-state index in [1.165, 1.54) is 50.6 Å². The third kappa shape index (κ3) is 17.7. The summed E-state index contributed by atoms with van der Waals surface area (Å²) in [4.78, 5) is 80.4. The number of halogens is 1. The lowest BCUT2D eigenvalue weighted by Gasteiger charge is -2.38. The lowest BCUT2D eigenvalue weighted by Crippen LogP contribution is -2.50. The van der Waals surface area contributed by atoms with E-state index >= 15 is 0 Å². The van der Waals surface area contributed by atoms with Gasteiger partial charge in [0, 0.05) is 49.2 Å². The van der Waals surface area contributed by atoms with Gasteiger partial charge < -0.3 is 39.9 Å². The van der Waals surface area contributed by atoms with Crippen molar-refractivity contribution in [1.82, 2.24) is 103 Å². The van der Waals surface area contributed by atoms with Crippen LogP contribution in [-0.4, -0.2) is 192 Å². The molecule has 12 aromatic rings. The molecule has 3 fully saturated rings. The average molecular weight is 1500 g/mol. The first-order chi connectivity index (χ1) is 50.0. The molecule has 0 spiro atoms. The number of aliphatic hydroxyl groups is 3. The van der Waals surface area contributed by atoms with Crippen LogP contribution in [0.15, 0.2) is 166 Å². The highest BCUT2D eigenvalue weighted by Crippen LogP contribution is 2.29. The fourth-order valence-electron chi connectivity index (χ4n) is 12.4. The molecule has 0 aliphatic carbocycles. The second-order valence-corrected chi connectivity index (χ2v) is 29.9. The van der Waals surface area contributed by atoms with Gasteiger partial charge >= 0.3 is 12.2 Å². The summed E-state index contributed by atoms with van der Waals surface area (Å²) >= 11 is 3.40. The molecule has 5 N–H and O–H groups in total. The highest BCUT2D eigenvalue weighted by atomic mass is 79.9. The van der Waals surface area contributed by atoms with E-state index in [2.05, 4.69) is 71.9 Å². The number of fused-ring (bicyclic) bond motifs is 3. The first-order valence-electron chi connectivity index (χ1n) is 34.6. The Morgan fingerprint density at radius 1 is 0.467 bits per heavy atom. The van der Waals surface area contributed by atoms with Gasteiger partial charge in [0.2, 0.25) is 0 Å². The first-order valence-corrected chi connectivity index (χ1v) is 35.4. The van der Waals surface area contributed by atoms with Crippen LogP contribution in [0.1, 0.15) is 96.8 Å². The van der Waals surface area contributed by atoms with Gasteiger partial charge in [-0.15, -0.1) is 0 Å². The highest BCUT2D eigenvalue weighted by Gasteiger charge is 2.38. The summed E-state index contributed by atoms with van der Waals surface area (Å²) in [6.45, 7) is 20.2. The number of aromatic amines is 1. The molecule has 2 amide bonds. The van der Waals surface area contributed by atoms with Crippen molar-refractivity contribution >= 4 is 61.2 Å². The van der Waals surface area contributed by atoms with Crippen molar-refractivity contribution in [3.63, 3.8) is 0 Å². The standard InChI is InChI=1S/C26H31N7O4.C22H26BrN5O4.C21H23N7O2.C4H6N2/c1-18-13-28-32(15-18)19-5-7-20(8-6-19)33-22-21(14-29-33)23(34)31(17-27-22)16-26(36)9-11-30(12-10-26)24(35)37-25(2,3)4;1-21(2,3)32-20(30)26-10-8-22(31,9-11-26)13-27-14-24-18-17(19(27)29)12-25-28(18)16-6-4-15(23)5-7-16;1-15-10-24-27(12-15)16-2-4-17(5-3-16)28-19-18(11-25-28)20(29)26(14-23-19)13-21(30)6-8-22-9-7-21;1-4-2-5-6-3-4/h5-8,13-15,17,36H,9-12,16H2,1-4H3;4-7,12,14,31H,8-11,13H2,1-3H3;2-5,10-12,14,22,30H,6-9,13H2,1H3;2-3H,1H3,(H,5,6). The molecule has 9 aromatic heterocycles. The maximum atomic E-state index is 13.2. The van der Waals surface area contributed by atoms with E-state index in [9.17, 15) is 39.3 Å². The van der Waals surface area contributed by atoms with E-state index < -0.39 is 34.1 Å².